The molecule has 180 valence electrons. The molecular formula is C28H29N3O4. The van der Waals surface area contributed by atoms with Gasteiger partial charge in [0.25, 0.3) is 5.56 Å². The standard InChI is InChI=1S/C28H29N3O4/c1-28(2)14-20-23(21(32)15-28)22(24-25(29-20)30(3)27(34)31(4)26(24)33)18-10-12-19(13-11-18)35-16-17-8-6-5-7-9-17/h5-13,22,29H,14-16H2,1-4H3/t22-/m1/s1. The Kier molecular flexibility index (Phi) is 5.50. The van der Waals surface area contributed by atoms with Crippen LogP contribution in [0, 0.1) is 5.41 Å². The first-order valence-corrected chi connectivity index (χ1v) is 11.8. The van der Waals surface area contributed by atoms with Crippen molar-refractivity contribution in [3.63, 3.8) is 0 Å². The van der Waals surface area contributed by atoms with E-state index < -0.39 is 17.2 Å². The lowest BCUT2D eigenvalue weighted by Gasteiger charge is -2.39. The van der Waals surface area contributed by atoms with Gasteiger partial charge in [0.1, 0.15) is 18.2 Å². The second kappa shape index (κ2) is 8.41. The molecule has 2 heterocycles. The molecule has 0 unspecified atom stereocenters. The number of fused-ring (bicyclic) bond motifs is 1. The average molecular weight is 472 g/mol. The lowest BCUT2D eigenvalue weighted by molar-refractivity contribution is -0.118. The van der Waals surface area contributed by atoms with E-state index in [-0.39, 0.29) is 11.2 Å². The van der Waals surface area contributed by atoms with Crippen LogP contribution in [0.4, 0.5) is 5.82 Å². The Bertz CT molecular complexity index is 1460. The first-order valence-electron chi connectivity index (χ1n) is 11.8. The molecule has 0 radical (unpaired) electrons. The zero-order valence-corrected chi connectivity index (χ0v) is 20.4. The number of rotatable bonds is 4. The summed E-state index contributed by atoms with van der Waals surface area (Å²) < 4.78 is 8.49. The Morgan fingerprint density at radius 1 is 0.943 bits per heavy atom. The van der Waals surface area contributed by atoms with Crippen molar-refractivity contribution in [3.05, 3.63) is 103 Å². The van der Waals surface area contributed by atoms with Crippen LogP contribution < -0.4 is 21.3 Å². The van der Waals surface area contributed by atoms with Gasteiger partial charge in [-0.2, -0.15) is 0 Å². The number of anilines is 1. The molecule has 1 aliphatic heterocycles. The van der Waals surface area contributed by atoms with E-state index in [2.05, 4.69) is 19.2 Å². The molecule has 1 aromatic heterocycles. The van der Waals surface area contributed by atoms with Crippen LogP contribution in [0.3, 0.4) is 0 Å². The van der Waals surface area contributed by atoms with Crippen molar-refractivity contribution >= 4 is 11.6 Å². The van der Waals surface area contributed by atoms with Crippen molar-refractivity contribution in [2.24, 2.45) is 19.5 Å². The number of ketones is 1. The lowest BCUT2D eigenvalue weighted by atomic mass is 9.69. The van der Waals surface area contributed by atoms with Crippen molar-refractivity contribution in [2.75, 3.05) is 5.32 Å². The van der Waals surface area contributed by atoms with E-state index in [0.29, 0.717) is 42.2 Å². The van der Waals surface area contributed by atoms with Crippen molar-refractivity contribution in [1.29, 1.82) is 0 Å². The van der Waals surface area contributed by atoms with E-state index in [9.17, 15) is 14.4 Å². The van der Waals surface area contributed by atoms with Crippen LogP contribution in [0.2, 0.25) is 0 Å². The third kappa shape index (κ3) is 4.01. The predicted molar refractivity (Wildman–Crippen MR) is 135 cm³/mol. The molecule has 7 nitrogen and oxygen atoms in total. The highest BCUT2D eigenvalue weighted by Crippen LogP contribution is 2.47. The SMILES string of the molecule is Cn1c2c(c(=O)n(C)c1=O)[C@H](c1ccc(OCc3ccccc3)cc1)C1=C(CC(C)(C)CC1=O)N2. The summed E-state index contributed by atoms with van der Waals surface area (Å²) in [5.74, 6) is 0.625. The highest BCUT2D eigenvalue weighted by molar-refractivity contribution is 6.01. The summed E-state index contributed by atoms with van der Waals surface area (Å²) in [5.41, 5.74) is 2.69. The van der Waals surface area contributed by atoms with Crippen LogP contribution in [-0.4, -0.2) is 14.9 Å². The molecule has 5 rings (SSSR count). The minimum Gasteiger partial charge on any atom is -0.489 e. The predicted octanol–water partition coefficient (Wildman–Crippen LogP) is 3.86. The van der Waals surface area contributed by atoms with Crippen molar-refractivity contribution in [3.8, 4) is 5.75 Å². The van der Waals surface area contributed by atoms with Gasteiger partial charge in [-0.15, -0.1) is 0 Å². The molecule has 0 saturated carbocycles. The maximum Gasteiger partial charge on any atom is 0.332 e. The van der Waals surface area contributed by atoms with Crippen molar-refractivity contribution in [2.45, 2.75) is 39.2 Å². The summed E-state index contributed by atoms with van der Waals surface area (Å²) in [4.78, 5) is 39.4. The van der Waals surface area contributed by atoms with Gasteiger partial charge >= 0.3 is 5.69 Å². The number of allylic oxidation sites excluding steroid dienone is 2. The van der Waals surface area contributed by atoms with Gasteiger partial charge in [0.05, 0.1) is 5.56 Å². The molecule has 0 saturated heterocycles. The van der Waals surface area contributed by atoms with Gasteiger partial charge in [0.15, 0.2) is 5.78 Å². The topological polar surface area (TPSA) is 82.3 Å². The van der Waals surface area contributed by atoms with E-state index in [1.54, 1.807) is 7.05 Å². The smallest absolute Gasteiger partial charge is 0.332 e. The number of aromatic nitrogens is 2. The molecule has 0 fully saturated rings. The molecule has 2 aromatic carbocycles. The molecule has 2 aliphatic rings. The minimum atomic E-state index is -0.557. The summed E-state index contributed by atoms with van der Waals surface area (Å²) >= 11 is 0. The third-order valence-electron chi connectivity index (χ3n) is 6.93. The van der Waals surface area contributed by atoms with Crippen molar-refractivity contribution < 1.29 is 9.53 Å². The van der Waals surface area contributed by atoms with Gasteiger partial charge in [-0.1, -0.05) is 56.3 Å². The number of Topliss-reactive ketones (excluding diaryl/α,β-unsaturated/α-hetero) is 1. The normalized spacial score (nSPS) is 18.5. The Balaban J connectivity index is 1.60. The van der Waals surface area contributed by atoms with Crippen LogP contribution in [0.5, 0.6) is 5.75 Å². The summed E-state index contributed by atoms with van der Waals surface area (Å²) in [5, 5.41) is 3.30. The van der Waals surface area contributed by atoms with Gasteiger partial charge in [-0.3, -0.25) is 18.7 Å². The number of benzene rings is 2. The highest BCUT2D eigenvalue weighted by atomic mass is 16.5. The van der Waals surface area contributed by atoms with E-state index in [1.165, 1.54) is 11.6 Å². The molecule has 0 spiro atoms. The van der Waals surface area contributed by atoms with E-state index >= 15 is 0 Å². The zero-order valence-electron chi connectivity index (χ0n) is 20.4. The Morgan fingerprint density at radius 2 is 1.63 bits per heavy atom. The number of hydrogen-bond acceptors (Lipinski definition) is 5. The Morgan fingerprint density at radius 3 is 2.31 bits per heavy atom. The molecule has 1 aliphatic carbocycles. The molecule has 0 amide bonds. The van der Waals surface area contributed by atoms with Gasteiger partial charge in [-0.05, 0) is 35.1 Å². The van der Waals surface area contributed by atoms with Crippen LogP contribution >= 0.6 is 0 Å². The maximum absolute atomic E-state index is 13.4. The van der Waals surface area contributed by atoms with Crippen LogP contribution in [0.25, 0.3) is 0 Å². The molecule has 35 heavy (non-hydrogen) atoms. The second-order valence-corrected chi connectivity index (χ2v) is 10.2. The minimum absolute atomic E-state index is 0.0275. The highest BCUT2D eigenvalue weighted by Gasteiger charge is 2.42. The largest absolute Gasteiger partial charge is 0.489 e. The number of nitrogens with one attached hydrogen (secondary N) is 1. The Hall–Kier alpha value is -3.87. The molecule has 1 N–H and O–H groups in total. The number of carbonyl (C=O) groups is 1. The fraction of sp³-hybridized carbons (Fsp3) is 0.321. The van der Waals surface area contributed by atoms with Gasteiger partial charge in [-0.25, -0.2) is 4.79 Å². The van der Waals surface area contributed by atoms with Crippen molar-refractivity contribution in [1.82, 2.24) is 9.13 Å². The summed E-state index contributed by atoms with van der Waals surface area (Å²) in [6.07, 6.45) is 1.06. The first-order chi connectivity index (χ1) is 16.7. The molecule has 3 aromatic rings. The number of ether oxygens (including phenoxy) is 1. The van der Waals surface area contributed by atoms with Crippen LogP contribution in [0.1, 0.15) is 49.3 Å². The number of nitrogens with zero attached hydrogens (tertiary/aromatic N) is 2. The Labute approximate surface area is 203 Å². The van der Waals surface area contributed by atoms with E-state index in [1.807, 2.05) is 54.6 Å². The lowest BCUT2D eigenvalue weighted by Crippen LogP contribution is -2.45. The zero-order chi connectivity index (χ0) is 24.9. The molecular weight excluding hydrogens is 442 g/mol. The van der Waals surface area contributed by atoms with Gasteiger partial charge < -0.3 is 10.1 Å². The maximum atomic E-state index is 13.4. The average Bonchev–Trinajstić information content (AvgIpc) is 2.84. The van der Waals surface area contributed by atoms with Crippen LogP contribution in [0.15, 0.2) is 75.5 Å². The van der Waals surface area contributed by atoms with Gasteiger partial charge in [0.2, 0.25) is 0 Å². The van der Waals surface area contributed by atoms with Gasteiger partial charge in [0, 0.05) is 37.7 Å². The summed E-state index contributed by atoms with van der Waals surface area (Å²) in [7, 11) is 3.12. The first kappa shape index (κ1) is 22.9. The monoisotopic (exact) mass is 471 g/mol. The number of carbonyl (C=O) groups excluding carboxylic acids is 1. The quantitative estimate of drug-likeness (QED) is 0.625. The fourth-order valence-corrected chi connectivity index (χ4v) is 5.18. The number of hydrogen-bond donors (Lipinski definition) is 1. The molecule has 7 heteroatoms. The van der Waals surface area contributed by atoms with E-state index in [0.717, 1.165) is 21.4 Å². The summed E-state index contributed by atoms with van der Waals surface area (Å²) in [6, 6.07) is 17.5. The third-order valence-corrected chi connectivity index (χ3v) is 6.93. The molecule has 1 atom stereocenters. The fourth-order valence-electron chi connectivity index (χ4n) is 5.18. The summed E-state index contributed by atoms with van der Waals surface area (Å²) in [6.45, 7) is 4.56. The van der Waals surface area contributed by atoms with E-state index in [4.69, 9.17) is 4.74 Å². The van der Waals surface area contributed by atoms with Crippen LogP contribution in [-0.2, 0) is 25.5 Å². The second-order valence-electron chi connectivity index (χ2n) is 10.2. The molecule has 0 bridgehead atoms.